The highest BCUT2D eigenvalue weighted by atomic mass is 32.2. The predicted molar refractivity (Wildman–Crippen MR) is 102 cm³/mol. The molecule has 0 amide bonds. The second-order valence-corrected chi connectivity index (χ2v) is 7.01. The molecule has 0 N–H and O–H groups in total. The third-order valence-corrected chi connectivity index (χ3v) is 5.24. The second-order valence-electron chi connectivity index (χ2n) is 6.07. The number of halogens is 1. The van der Waals surface area contributed by atoms with E-state index in [0.29, 0.717) is 21.6 Å². The maximum Gasteiger partial charge on any atom is 0.262 e. The first-order chi connectivity index (χ1) is 12.5. The number of nitrogens with zero attached hydrogens (tertiary/aromatic N) is 2. The quantitative estimate of drug-likeness (QED) is 0.365. The molecule has 0 saturated heterocycles. The Labute approximate surface area is 155 Å². The molecule has 1 atom stereocenters. The van der Waals surface area contributed by atoms with Crippen LogP contribution in [0.4, 0.5) is 4.39 Å². The molecule has 0 spiro atoms. The van der Waals surface area contributed by atoms with Crippen LogP contribution in [-0.2, 0) is 0 Å². The topological polar surface area (TPSA) is 52.0 Å². The number of hydrogen-bond acceptors (Lipinski definition) is 4. The average Bonchev–Trinajstić information content (AvgIpc) is 2.65. The molecule has 0 aliphatic carbocycles. The van der Waals surface area contributed by atoms with E-state index in [9.17, 15) is 14.0 Å². The predicted octanol–water partition coefficient (Wildman–Crippen LogP) is 4.48. The van der Waals surface area contributed by atoms with E-state index in [1.54, 1.807) is 22.8 Å². The van der Waals surface area contributed by atoms with E-state index in [1.807, 2.05) is 26.0 Å². The van der Waals surface area contributed by atoms with Gasteiger partial charge in [0.2, 0.25) is 0 Å². The Morgan fingerprint density at radius 2 is 2.00 bits per heavy atom. The number of fused-ring (bicyclic) bond motifs is 1. The van der Waals surface area contributed by atoms with Crippen molar-refractivity contribution in [3.8, 4) is 0 Å². The normalized spacial score (nSPS) is 12.3. The van der Waals surface area contributed by atoms with E-state index < -0.39 is 5.82 Å². The third-order valence-electron chi connectivity index (χ3n) is 4.29. The number of ketones is 1. The minimum Gasteiger partial charge on any atom is -0.293 e. The van der Waals surface area contributed by atoms with Gasteiger partial charge in [-0.1, -0.05) is 43.0 Å². The van der Waals surface area contributed by atoms with Crippen molar-refractivity contribution in [2.75, 3.05) is 5.75 Å². The van der Waals surface area contributed by atoms with E-state index in [4.69, 9.17) is 0 Å². The van der Waals surface area contributed by atoms with Gasteiger partial charge in [0.1, 0.15) is 5.82 Å². The first-order valence-electron chi connectivity index (χ1n) is 8.44. The maximum absolute atomic E-state index is 13.3. The van der Waals surface area contributed by atoms with Crippen molar-refractivity contribution in [1.82, 2.24) is 9.55 Å². The number of aromatic nitrogens is 2. The summed E-state index contributed by atoms with van der Waals surface area (Å²) in [5.74, 6) is -0.557. The summed E-state index contributed by atoms with van der Waals surface area (Å²) in [6, 6.07) is 12.8. The first kappa shape index (κ1) is 18.3. The number of rotatable bonds is 6. The largest absolute Gasteiger partial charge is 0.293 e. The van der Waals surface area contributed by atoms with E-state index >= 15 is 0 Å². The summed E-state index contributed by atoms with van der Waals surface area (Å²) in [5.41, 5.74) is 0.819. The van der Waals surface area contributed by atoms with Crippen molar-refractivity contribution < 1.29 is 9.18 Å². The van der Waals surface area contributed by atoms with Gasteiger partial charge in [-0.2, -0.15) is 0 Å². The van der Waals surface area contributed by atoms with Crippen molar-refractivity contribution >= 4 is 28.4 Å². The Bertz CT molecular complexity index is 1020. The fourth-order valence-corrected chi connectivity index (χ4v) is 3.67. The Hall–Kier alpha value is -2.47. The van der Waals surface area contributed by atoms with Gasteiger partial charge in [0.05, 0.1) is 16.7 Å². The summed E-state index contributed by atoms with van der Waals surface area (Å²) < 4.78 is 15.0. The lowest BCUT2D eigenvalue weighted by Crippen LogP contribution is -2.26. The lowest BCUT2D eigenvalue weighted by Gasteiger charge is -2.18. The van der Waals surface area contributed by atoms with Gasteiger partial charge >= 0.3 is 0 Å². The molecule has 1 heterocycles. The van der Waals surface area contributed by atoms with Gasteiger partial charge in [0.15, 0.2) is 10.9 Å². The highest BCUT2D eigenvalue weighted by molar-refractivity contribution is 7.99. The summed E-state index contributed by atoms with van der Waals surface area (Å²) in [5, 5.41) is 1.07. The van der Waals surface area contributed by atoms with E-state index in [2.05, 4.69) is 4.98 Å². The Morgan fingerprint density at radius 3 is 2.73 bits per heavy atom. The SMILES string of the molecule is CC[C@H](C)n1c(SCC(=O)c2cccc(F)c2)nc2ccccc2c1=O. The van der Waals surface area contributed by atoms with Crippen LogP contribution in [0, 0.1) is 5.82 Å². The number of carbonyl (C=O) groups is 1. The maximum atomic E-state index is 13.3. The standard InChI is InChI=1S/C20H19FN2O2S/c1-3-13(2)23-19(25)16-9-4-5-10-17(16)22-20(23)26-12-18(24)14-7-6-8-15(21)11-14/h4-11,13H,3,12H2,1-2H3/t13-/m0/s1. The fourth-order valence-electron chi connectivity index (χ4n) is 2.67. The van der Waals surface area contributed by atoms with Crippen molar-refractivity contribution in [3.63, 3.8) is 0 Å². The zero-order valence-corrected chi connectivity index (χ0v) is 15.4. The lowest BCUT2D eigenvalue weighted by molar-refractivity contribution is 0.102. The molecule has 0 bridgehead atoms. The second kappa shape index (κ2) is 7.83. The van der Waals surface area contributed by atoms with Crippen LogP contribution >= 0.6 is 11.8 Å². The molecule has 134 valence electrons. The van der Waals surface area contributed by atoms with Crippen LogP contribution in [-0.4, -0.2) is 21.1 Å². The summed E-state index contributed by atoms with van der Waals surface area (Å²) in [6.07, 6.45) is 0.769. The first-order valence-corrected chi connectivity index (χ1v) is 9.42. The van der Waals surface area contributed by atoms with Gasteiger partial charge in [-0.25, -0.2) is 9.37 Å². The Morgan fingerprint density at radius 1 is 1.23 bits per heavy atom. The molecule has 26 heavy (non-hydrogen) atoms. The number of para-hydroxylation sites is 1. The number of hydrogen-bond donors (Lipinski definition) is 0. The summed E-state index contributed by atoms with van der Waals surface area (Å²) in [6.45, 7) is 3.95. The molecule has 0 aliphatic rings. The van der Waals surface area contributed by atoms with Gasteiger partial charge in [0, 0.05) is 11.6 Å². The van der Waals surface area contributed by atoms with Crippen LogP contribution in [0.1, 0.15) is 36.7 Å². The van der Waals surface area contributed by atoms with Crippen LogP contribution in [0.25, 0.3) is 10.9 Å². The number of benzene rings is 2. The molecule has 0 saturated carbocycles. The number of Topliss-reactive ketones (excluding diaryl/α,β-unsaturated/α-hetero) is 1. The third kappa shape index (κ3) is 3.70. The molecule has 3 aromatic rings. The molecule has 6 heteroatoms. The van der Waals surface area contributed by atoms with E-state index in [0.717, 1.165) is 6.42 Å². The molecule has 0 fully saturated rings. The Kier molecular flexibility index (Phi) is 5.52. The van der Waals surface area contributed by atoms with Crippen molar-refractivity contribution in [2.45, 2.75) is 31.5 Å². The summed E-state index contributed by atoms with van der Waals surface area (Å²) in [7, 11) is 0. The molecule has 0 radical (unpaired) electrons. The van der Waals surface area contributed by atoms with Crippen molar-refractivity contribution in [1.29, 1.82) is 0 Å². The highest BCUT2D eigenvalue weighted by Crippen LogP contribution is 2.23. The smallest absolute Gasteiger partial charge is 0.262 e. The molecule has 0 unspecified atom stereocenters. The van der Waals surface area contributed by atoms with Crippen LogP contribution in [0.5, 0.6) is 0 Å². The van der Waals surface area contributed by atoms with Crippen molar-refractivity contribution in [2.24, 2.45) is 0 Å². The number of carbonyl (C=O) groups excluding carboxylic acids is 1. The van der Waals surface area contributed by atoms with Crippen LogP contribution < -0.4 is 5.56 Å². The molecule has 3 rings (SSSR count). The van der Waals surface area contributed by atoms with Crippen LogP contribution in [0.3, 0.4) is 0 Å². The number of thioether (sulfide) groups is 1. The van der Waals surface area contributed by atoms with Gasteiger partial charge in [0.25, 0.3) is 5.56 Å². The van der Waals surface area contributed by atoms with Gasteiger partial charge in [-0.15, -0.1) is 0 Å². The summed E-state index contributed by atoms with van der Waals surface area (Å²) in [4.78, 5) is 29.8. The molecular weight excluding hydrogens is 351 g/mol. The molecule has 4 nitrogen and oxygen atoms in total. The highest BCUT2D eigenvalue weighted by Gasteiger charge is 2.17. The van der Waals surface area contributed by atoms with Gasteiger partial charge in [-0.3, -0.25) is 14.2 Å². The van der Waals surface area contributed by atoms with Crippen LogP contribution in [0.15, 0.2) is 58.5 Å². The molecule has 2 aromatic carbocycles. The van der Waals surface area contributed by atoms with Crippen LogP contribution in [0.2, 0.25) is 0 Å². The zero-order chi connectivity index (χ0) is 18.7. The monoisotopic (exact) mass is 370 g/mol. The molecule has 1 aromatic heterocycles. The van der Waals surface area contributed by atoms with E-state index in [-0.39, 0.29) is 23.1 Å². The average molecular weight is 370 g/mol. The Balaban J connectivity index is 1.96. The van der Waals surface area contributed by atoms with Crippen molar-refractivity contribution in [3.05, 3.63) is 70.3 Å². The van der Waals surface area contributed by atoms with E-state index in [1.165, 1.54) is 30.0 Å². The van der Waals surface area contributed by atoms with Gasteiger partial charge < -0.3 is 0 Å². The minimum absolute atomic E-state index is 0.0358. The molecule has 0 aliphatic heterocycles. The summed E-state index contributed by atoms with van der Waals surface area (Å²) >= 11 is 1.21. The van der Waals surface area contributed by atoms with Gasteiger partial charge in [-0.05, 0) is 37.6 Å². The zero-order valence-electron chi connectivity index (χ0n) is 14.6. The fraction of sp³-hybridized carbons (Fsp3) is 0.250. The minimum atomic E-state index is -0.443. The lowest BCUT2D eigenvalue weighted by atomic mass is 10.1. The molecular formula is C20H19FN2O2S.